The summed E-state index contributed by atoms with van der Waals surface area (Å²) in [7, 11) is 3.90. The molecule has 0 atom stereocenters. The number of thioether (sulfide) groups is 1. The number of hydrogen-bond acceptors (Lipinski definition) is 5. The van der Waals surface area contributed by atoms with E-state index < -0.39 is 0 Å². The summed E-state index contributed by atoms with van der Waals surface area (Å²) in [6, 6.07) is 9.93. The number of anilines is 1. The Morgan fingerprint density at radius 2 is 1.83 bits per heavy atom. The Balaban J connectivity index is 2.23. The fourth-order valence-corrected chi connectivity index (χ4v) is 3.61. The van der Waals surface area contributed by atoms with Crippen LogP contribution in [0.2, 0.25) is 0 Å². The van der Waals surface area contributed by atoms with Crippen LogP contribution in [-0.2, 0) is 11.2 Å². The average Bonchev–Trinajstić information content (AvgIpc) is 2.70. The predicted octanol–water partition coefficient (Wildman–Crippen LogP) is 5.00. The molecule has 0 saturated carbocycles. The molecule has 0 fully saturated rings. The first-order valence-electron chi connectivity index (χ1n) is 10.2. The molecule has 0 radical (unpaired) electrons. The maximum Gasteiger partial charge on any atom is 0.253 e. The van der Waals surface area contributed by atoms with Gasteiger partial charge in [-0.05, 0) is 31.0 Å². The molecular formula is C23H34N4OS. The third-order valence-electron chi connectivity index (χ3n) is 4.77. The van der Waals surface area contributed by atoms with E-state index in [1.165, 1.54) is 0 Å². The molecule has 1 aromatic carbocycles. The first kappa shape index (κ1) is 23.2. The van der Waals surface area contributed by atoms with Crippen LogP contribution in [0.5, 0.6) is 0 Å². The van der Waals surface area contributed by atoms with Crippen LogP contribution >= 0.6 is 11.8 Å². The standard InChI is InChI=1S/C23H34N4OS/c1-8-13-27(7)20-15-19(23(3,4)5)24-22(25-20)29-16-17-11-10-12-18(14-17)21(28)26(6)9-2/h10-12,14-15H,8-9,13,16H2,1-7H3. The molecule has 0 saturated heterocycles. The number of amides is 1. The SMILES string of the molecule is CCCN(C)c1cc(C(C)(C)C)nc(SCc2cccc(C(=O)N(C)CC)c2)n1. The van der Waals surface area contributed by atoms with Crippen molar-refractivity contribution in [1.29, 1.82) is 0 Å². The Morgan fingerprint density at radius 1 is 1.10 bits per heavy atom. The van der Waals surface area contributed by atoms with Crippen LogP contribution in [0.1, 0.15) is 62.7 Å². The van der Waals surface area contributed by atoms with E-state index in [0.29, 0.717) is 6.54 Å². The molecule has 6 heteroatoms. The van der Waals surface area contributed by atoms with Crippen LogP contribution in [0.25, 0.3) is 0 Å². The summed E-state index contributed by atoms with van der Waals surface area (Å²) >= 11 is 1.61. The zero-order valence-corrected chi connectivity index (χ0v) is 19.6. The molecule has 0 aliphatic heterocycles. The average molecular weight is 415 g/mol. The molecule has 5 nitrogen and oxygen atoms in total. The highest BCUT2D eigenvalue weighted by Crippen LogP contribution is 2.28. The lowest BCUT2D eigenvalue weighted by atomic mass is 9.92. The van der Waals surface area contributed by atoms with Gasteiger partial charge in [-0.25, -0.2) is 9.97 Å². The van der Waals surface area contributed by atoms with E-state index in [1.54, 1.807) is 16.7 Å². The van der Waals surface area contributed by atoms with E-state index in [1.807, 2.05) is 38.2 Å². The van der Waals surface area contributed by atoms with Gasteiger partial charge < -0.3 is 9.80 Å². The first-order chi connectivity index (χ1) is 13.7. The molecule has 0 N–H and O–H groups in total. The molecule has 0 spiro atoms. The summed E-state index contributed by atoms with van der Waals surface area (Å²) in [6.45, 7) is 12.3. The molecule has 1 heterocycles. The number of rotatable bonds is 8. The fraction of sp³-hybridized carbons (Fsp3) is 0.522. The van der Waals surface area contributed by atoms with Gasteiger partial charge in [0.2, 0.25) is 0 Å². The number of nitrogens with zero attached hydrogens (tertiary/aromatic N) is 4. The van der Waals surface area contributed by atoms with Crippen LogP contribution in [0.4, 0.5) is 5.82 Å². The third kappa shape index (κ3) is 6.46. The van der Waals surface area contributed by atoms with Gasteiger partial charge >= 0.3 is 0 Å². The molecule has 0 unspecified atom stereocenters. The highest BCUT2D eigenvalue weighted by atomic mass is 32.2. The molecule has 29 heavy (non-hydrogen) atoms. The van der Waals surface area contributed by atoms with Crippen molar-refractivity contribution >= 4 is 23.5 Å². The number of carbonyl (C=O) groups excluding carboxylic acids is 1. The Kier molecular flexibility index (Phi) is 8.08. The van der Waals surface area contributed by atoms with Crippen molar-refractivity contribution in [2.45, 2.75) is 57.4 Å². The summed E-state index contributed by atoms with van der Waals surface area (Å²) in [5.74, 6) is 1.73. The molecular weight excluding hydrogens is 380 g/mol. The van der Waals surface area contributed by atoms with Gasteiger partial charge in [-0.3, -0.25) is 4.79 Å². The lowest BCUT2D eigenvalue weighted by Gasteiger charge is -2.23. The zero-order chi connectivity index (χ0) is 21.6. The predicted molar refractivity (Wildman–Crippen MR) is 123 cm³/mol. The van der Waals surface area contributed by atoms with Gasteiger partial charge in [0.25, 0.3) is 5.91 Å². The van der Waals surface area contributed by atoms with E-state index in [0.717, 1.165) is 46.5 Å². The summed E-state index contributed by atoms with van der Waals surface area (Å²) < 4.78 is 0. The minimum Gasteiger partial charge on any atom is -0.360 e. The molecule has 1 amide bonds. The summed E-state index contributed by atoms with van der Waals surface area (Å²) in [5.41, 5.74) is 2.82. The van der Waals surface area contributed by atoms with Crippen LogP contribution in [0.3, 0.4) is 0 Å². The Bertz CT molecular complexity index is 832. The Morgan fingerprint density at radius 3 is 2.45 bits per heavy atom. The van der Waals surface area contributed by atoms with E-state index in [9.17, 15) is 4.79 Å². The molecule has 2 rings (SSSR count). The number of aromatic nitrogens is 2. The second kappa shape index (κ2) is 10.1. The van der Waals surface area contributed by atoms with Crippen molar-refractivity contribution in [1.82, 2.24) is 14.9 Å². The first-order valence-corrected chi connectivity index (χ1v) is 11.2. The van der Waals surface area contributed by atoms with Crippen molar-refractivity contribution < 1.29 is 4.79 Å². The summed E-state index contributed by atoms with van der Waals surface area (Å²) in [6.07, 6.45) is 1.07. The van der Waals surface area contributed by atoms with Crippen molar-refractivity contribution in [3.63, 3.8) is 0 Å². The second-order valence-electron chi connectivity index (χ2n) is 8.37. The van der Waals surface area contributed by atoms with Gasteiger partial charge in [0.1, 0.15) is 5.82 Å². The van der Waals surface area contributed by atoms with Gasteiger partial charge in [-0.2, -0.15) is 0 Å². The number of carbonyl (C=O) groups is 1. The van der Waals surface area contributed by atoms with E-state index >= 15 is 0 Å². The van der Waals surface area contributed by atoms with Crippen LogP contribution in [0, 0.1) is 0 Å². The highest BCUT2D eigenvalue weighted by Gasteiger charge is 2.19. The Labute approximate surface area is 179 Å². The van der Waals surface area contributed by atoms with Crippen LogP contribution in [0.15, 0.2) is 35.5 Å². The molecule has 1 aromatic heterocycles. The van der Waals surface area contributed by atoms with Crippen LogP contribution < -0.4 is 4.90 Å². The van der Waals surface area contributed by atoms with Crippen molar-refractivity contribution in [2.24, 2.45) is 0 Å². The second-order valence-corrected chi connectivity index (χ2v) is 9.32. The molecule has 0 aliphatic rings. The van der Waals surface area contributed by atoms with Gasteiger partial charge in [0, 0.05) is 50.0 Å². The fourth-order valence-electron chi connectivity index (χ4n) is 2.81. The molecule has 0 aliphatic carbocycles. The lowest BCUT2D eigenvalue weighted by Crippen LogP contribution is -2.26. The van der Waals surface area contributed by atoms with Crippen molar-refractivity contribution in [2.75, 3.05) is 32.1 Å². The van der Waals surface area contributed by atoms with Gasteiger partial charge in [-0.1, -0.05) is 51.6 Å². The monoisotopic (exact) mass is 414 g/mol. The van der Waals surface area contributed by atoms with Crippen molar-refractivity contribution in [3.05, 3.63) is 47.2 Å². The summed E-state index contributed by atoms with van der Waals surface area (Å²) in [5, 5.41) is 0.776. The van der Waals surface area contributed by atoms with Gasteiger partial charge in [0.15, 0.2) is 5.16 Å². The van der Waals surface area contributed by atoms with Crippen molar-refractivity contribution in [3.8, 4) is 0 Å². The quantitative estimate of drug-likeness (QED) is 0.449. The number of benzene rings is 1. The van der Waals surface area contributed by atoms with Gasteiger partial charge in [-0.15, -0.1) is 0 Å². The minimum atomic E-state index is -0.0445. The normalized spacial score (nSPS) is 11.4. The summed E-state index contributed by atoms with van der Waals surface area (Å²) in [4.78, 5) is 25.9. The highest BCUT2D eigenvalue weighted by molar-refractivity contribution is 7.98. The number of hydrogen-bond donors (Lipinski definition) is 0. The van der Waals surface area contributed by atoms with E-state index in [-0.39, 0.29) is 11.3 Å². The lowest BCUT2D eigenvalue weighted by molar-refractivity contribution is 0.0802. The topological polar surface area (TPSA) is 49.3 Å². The molecule has 2 aromatic rings. The maximum absolute atomic E-state index is 12.4. The van der Waals surface area contributed by atoms with Crippen LogP contribution in [-0.4, -0.2) is 48.0 Å². The minimum absolute atomic E-state index is 0.0445. The Hall–Kier alpha value is -2.08. The largest absolute Gasteiger partial charge is 0.360 e. The maximum atomic E-state index is 12.4. The third-order valence-corrected chi connectivity index (χ3v) is 5.69. The molecule has 158 valence electrons. The molecule has 0 bridgehead atoms. The smallest absolute Gasteiger partial charge is 0.253 e. The zero-order valence-electron chi connectivity index (χ0n) is 18.8. The van der Waals surface area contributed by atoms with E-state index in [2.05, 4.69) is 45.7 Å². The van der Waals surface area contributed by atoms with Gasteiger partial charge in [0.05, 0.1) is 5.69 Å². The van der Waals surface area contributed by atoms with E-state index in [4.69, 9.17) is 9.97 Å².